The first kappa shape index (κ1) is 14.6. The highest BCUT2D eigenvalue weighted by molar-refractivity contribution is 5.98. The van der Waals surface area contributed by atoms with Crippen LogP contribution in [0.1, 0.15) is 22.1 Å². The normalized spacial score (nSPS) is 11.9. The summed E-state index contributed by atoms with van der Waals surface area (Å²) in [6, 6.07) is 3.28. The van der Waals surface area contributed by atoms with Crippen LogP contribution in [0, 0.1) is 23.0 Å². The number of nitrogens with one attached hydrogen (secondary N) is 1. The molecule has 1 N–H and O–H groups in total. The van der Waals surface area contributed by atoms with Crippen molar-refractivity contribution in [3.8, 4) is 6.07 Å². The molecule has 0 fully saturated rings. The Bertz CT molecular complexity index is 931. The zero-order valence-corrected chi connectivity index (χ0v) is 11.6. The highest BCUT2D eigenvalue weighted by atomic mass is 19.1. The molecule has 0 radical (unpaired) electrons. The molecule has 0 saturated carbocycles. The number of halogens is 2. The molecule has 3 aromatic rings. The number of nitriles is 1. The lowest BCUT2D eigenvalue weighted by molar-refractivity contribution is 0.0941. The van der Waals surface area contributed by atoms with Gasteiger partial charge in [0.05, 0.1) is 6.07 Å². The van der Waals surface area contributed by atoms with Crippen LogP contribution in [0.2, 0.25) is 0 Å². The third-order valence-corrected chi connectivity index (χ3v) is 3.20. The zero-order valence-electron chi connectivity index (χ0n) is 11.6. The van der Waals surface area contributed by atoms with Gasteiger partial charge in [0, 0.05) is 36.4 Å². The minimum absolute atomic E-state index is 0.000250. The number of hydrogen-bond acceptors (Lipinski definition) is 4. The number of rotatable bonds is 3. The van der Waals surface area contributed by atoms with Gasteiger partial charge in [0.25, 0.3) is 5.91 Å². The van der Waals surface area contributed by atoms with Gasteiger partial charge < -0.3 is 9.72 Å². The Morgan fingerprint density at radius 1 is 1.26 bits per heavy atom. The Balaban J connectivity index is 1.91. The molecule has 114 valence electrons. The highest BCUT2D eigenvalue weighted by Crippen LogP contribution is 2.18. The van der Waals surface area contributed by atoms with E-state index >= 15 is 0 Å². The monoisotopic (exact) mass is 313 g/mol. The van der Waals surface area contributed by atoms with Gasteiger partial charge >= 0.3 is 0 Å². The van der Waals surface area contributed by atoms with Crippen molar-refractivity contribution in [2.45, 2.75) is 6.04 Å². The maximum Gasteiger partial charge on any atom is 0.275 e. The third-order valence-electron chi connectivity index (χ3n) is 3.20. The van der Waals surface area contributed by atoms with Crippen molar-refractivity contribution in [3.63, 3.8) is 0 Å². The second kappa shape index (κ2) is 5.81. The highest BCUT2D eigenvalue weighted by Gasteiger charge is 2.21. The van der Waals surface area contributed by atoms with Crippen molar-refractivity contribution in [1.29, 1.82) is 5.26 Å². The Hall–Kier alpha value is -3.34. The average molecular weight is 313 g/mol. The maximum atomic E-state index is 13.8. The number of imidazole rings is 1. The summed E-state index contributed by atoms with van der Waals surface area (Å²) in [7, 11) is 0. The lowest BCUT2D eigenvalue weighted by atomic mass is 10.1. The SMILES string of the molecule is N#C[C@H](NC(=O)c1nccn2ccnc12)c1ccc(F)cc1F. The number of aromatic nitrogens is 3. The topological polar surface area (TPSA) is 83.1 Å². The fourth-order valence-electron chi connectivity index (χ4n) is 2.13. The molecule has 1 aromatic carbocycles. The Morgan fingerprint density at radius 2 is 2.00 bits per heavy atom. The molecule has 2 heterocycles. The summed E-state index contributed by atoms with van der Waals surface area (Å²) in [5.74, 6) is -2.36. The van der Waals surface area contributed by atoms with Crippen molar-refractivity contribution in [2.24, 2.45) is 0 Å². The quantitative estimate of drug-likeness (QED) is 0.801. The molecule has 6 nitrogen and oxygen atoms in total. The summed E-state index contributed by atoms with van der Waals surface area (Å²) in [6.45, 7) is 0. The fourth-order valence-corrected chi connectivity index (χ4v) is 2.13. The van der Waals surface area contributed by atoms with E-state index < -0.39 is 23.6 Å². The first-order valence-electron chi connectivity index (χ1n) is 6.53. The number of fused-ring (bicyclic) bond motifs is 1. The van der Waals surface area contributed by atoms with E-state index in [2.05, 4.69) is 15.3 Å². The number of benzene rings is 1. The minimum Gasteiger partial charge on any atom is -0.331 e. The van der Waals surface area contributed by atoms with Gasteiger partial charge in [-0.25, -0.2) is 18.7 Å². The second-order valence-corrected chi connectivity index (χ2v) is 4.64. The van der Waals surface area contributed by atoms with Gasteiger partial charge in [-0.15, -0.1) is 0 Å². The second-order valence-electron chi connectivity index (χ2n) is 4.64. The van der Waals surface area contributed by atoms with Crippen molar-refractivity contribution in [1.82, 2.24) is 19.7 Å². The predicted octanol–water partition coefficient (Wildman–Crippen LogP) is 2.00. The number of carbonyl (C=O) groups excluding carboxylic acids is 1. The summed E-state index contributed by atoms with van der Waals surface area (Å²) < 4.78 is 28.3. The van der Waals surface area contributed by atoms with Crippen LogP contribution in [0.4, 0.5) is 8.78 Å². The van der Waals surface area contributed by atoms with Crippen LogP contribution >= 0.6 is 0 Å². The van der Waals surface area contributed by atoms with E-state index in [0.29, 0.717) is 11.7 Å². The largest absolute Gasteiger partial charge is 0.331 e. The molecule has 0 bridgehead atoms. The van der Waals surface area contributed by atoms with Gasteiger partial charge in [-0.2, -0.15) is 5.26 Å². The summed E-state index contributed by atoms with van der Waals surface area (Å²) >= 11 is 0. The van der Waals surface area contributed by atoms with E-state index in [1.807, 2.05) is 0 Å². The van der Waals surface area contributed by atoms with Crippen molar-refractivity contribution in [3.05, 3.63) is 65.9 Å². The molecule has 1 atom stereocenters. The van der Waals surface area contributed by atoms with Crippen molar-refractivity contribution >= 4 is 11.6 Å². The summed E-state index contributed by atoms with van der Waals surface area (Å²) in [5.41, 5.74) is 0.180. The molecule has 0 aliphatic carbocycles. The predicted molar refractivity (Wildman–Crippen MR) is 75.2 cm³/mol. The van der Waals surface area contributed by atoms with E-state index in [0.717, 1.165) is 12.1 Å². The third kappa shape index (κ3) is 2.72. The summed E-state index contributed by atoms with van der Waals surface area (Å²) in [4.78, 5) is 20.2. The van der Waals surface area contributed by atoms with E-state index in [1.54, 1.807) is 22.9 Å². The maximum absolute atomic E-state index is 13.8. The number of carbonyl (C=O) groups is 1. The number of nitrogens with zero attached hydrogens (tertiary/aromatic N) is 4. The van der Waals surface area contributed by atoms with Crippen LogP contribution in [0.15, 0.2) is 43.0 Å². The lowest BCUT2D eigenvalue weighted by Crippen LogP contribution is -2.29. The van der Waals surface area contributed by atoms with Crippen LogP contribution in [0.5, 0.6) is 0 Å². The first-order chi connectivity index (χ1) is 11.1. The molecular weight excluding hydrogens is 304 g/mol. The molecule has 2 aromatic heterocycles. The van der Waals surface area contributed by atoms with E-state index in [1.165, 1.54) is 12.4 Å². The van der Waals surface area contributed by atoms with Gasteiger partial charge in [0.1, 0.15) is 17.7 Å². The minimum atomic E-state index is -1.28. The van der Waals surface area contributed by atoms with Gasteiger partial charge in [0.15, 0.2) is 11.3 Å². The van der Waals surface area contributed by atoms with Crippen LogP contribution in [0.25, 0.3) is 5.65 Å². The van der Waals surface area contributed by atoms with Crippen molar-refractivity contribution < 1.29 is 13.6 Å². The van der Waals surface area contributed by atoms with Gasteiger partial charge in [-0.1, -0.05) is 6.07 Å². The summed E-state index contributed by atoms with van der Waals surface area (Å²) in [6.07, 6.45) is 6.15. The zero-order chi connectivity index (χ0) is 16.4. The fraction of sp³-hybridized carbons (Fsp3) is 0.0667. The average Bonchev–Trinajstić information content (AvgIpc) is 3.01. The molecule has 23 heavy (non-hydrogen) atoms. The van der Waals surface area contributed by atoms with Crippen LogP contribution < -0.4 is 5.32 Å². The van der Waals surface area contributed by atoms with Crippen LogP contribution in [-0.4, -0.2) is 20.3 Å². The van der Waals surface area contributed by atoms with Gasteiger partial charge in [-0.3, -0.25) is 4.79 Å². The molecule has 0 aliphatic heterocycles. The number of hydrogen-bond donors (Lipinski definition) is 1. The van der Waals surface area contributed by atoms with E-state index in [9.17, 15) is 18.8 Å². The Kier molecular flexibility index (Phi) is 3.68. The first-order valence-corrected chi connectivity index (χ1v) is 6.53. The molecule has 0 saturated heterocycles. The molecule has 3 rings (SSSR count). The lowest BCUT2D eigenvalue weighted by Gasteiger charge is -2.12. The van der Waals surface area contributed by atoms with Crippen molar-refractivity contribution in [2.75, 3.05) is 0 Å². The molecule has 1 amide bonds. The smallest absolute Gasteiger partial charge is 0.275 e. The summed E-state index contributed by atoms with van der Waals surface area (Å²) in [5, 5.41) is 11.5. The Morgan fingerprint density at radius 3 is 2.70 bits per heavy atom. The molecule has 0 spiro atoms. The van der Waals surface area contributed by atoms with E-state index in [4.69, 9.17) is 0 Å². The van der Waals surface area contributed by atoms with Crippen LogP contribution in [0.3, 0.4) is 0 Å². The standard InChI is InChI=1S/C15H9F2N5O/c16-9-1-2-10(11(17)7-9)12(8-18)21-15(23)13-14-20-4-6-22(14)5-3-19-13/h1-7,12H,(H,21,23)/t12-/m0/s1. The van der Waals surface area contributed by atoms with E-state index in [-0.39, 0.29) is 11.3 Å². The molecule has 8 heteroatoms. The Labute approximate surface area is 129 Å². The number of amides is 1. The van der Waals surface area contributed by atoms with Gasteiger partial charge in [0.2, 0.25) is 0 Å². The van der Waals surface area contributed by atoms with Gasteiger partial charge in [-0.05, 0) is 6.07 Å². The molecular formula is C15H9F2N5O. The van der Waals surface area contributed by atoms with Crippen LogP contribution in [-0.2, 0) is 0 Å². The molecule has 0 unspecified atom stereocenters. The molecule has 0 aliphatic rings.